The molecule has 11 heteroatoms. The Morgan fingerprint density at radius 3 is 2.71 bits per heavy atom. The van der Waals surface area contributed by atoms with Crippen LogP contribution >= 0.6 is 23.5 Å². The number of furan rings is 1. The maximum Gasteiger partial charge on any atom is 0.269 e. The van der Waals surface area contributed by atoms with Gasteiger partial charge in [0, 0.05) is 23.7 Å². The van der Waals surface area contributed by atoms with Crippen molar-refractivity contribution in [2.75, 3.05) is 45.0 Å². The van der Waals surface area contributed by atoms with Crippen LogP contribution in [0.15, 0.2) is 85.1 Å². The number of amidine groups is 1. The predicted octanol–water partition coefficient (Wildman–Crippen LogP) is 4.96. The minimum atomic E-state index is -0.144. The fourth-order valence-corrected chi connectivity index (χ4v) is 6.34. The number of nitrogens with zero attached hydrogens (tertiary/aromatic N) is 4. The second-order valence-electron chi connectivity index (χ2n) is 8.93. The zero-order chi connectivity index (χ0) is 26.8. The Labute approximate surface area is 229 Å². The Balaban J connectivity index is 1.48. The Hall–Kier alpha value is -3.67. The maximum absolute atomic E-state index is 13.8. The van der Waals surface area contributed by atoms with E-state index in [0.29, 0.717) is 27.2 Å². The van der Waals surface area contributed by atoms with E-state index < -0.39 is 0 Å². The van der Waals surface area contributed by atoms with Crippen LogP contribution in [0.25, 0.3) is 0 Å². The first kappa shape index (κ1) is 26.0. The molecule has 1 aromatic heterocycles. The maximum atomic E-state index is 13.8. The van der Waals surface area contributed by atoms with E-state index in [2.05, 4.69) is 5.32 Å². The number of rotatable bonds is 7. The van der Waals surface area contributed by atoms with Crippen molar-refractivity contribution in [2.45, 2.75) is 11.4 Å². The third-order valence-electron chi connectivity index (χ3n) is 5.81. The number of thioether (sulfide) groups is 2. The van der Waals surface area contributed by atoms with Gasteiger partial charge in [0.1, 0.15) is 16.4 Å². The van der Waals surface area contributed by atoms with Gasteiger partial charge in [-0.1, -0.05) is 17.8 Å². The second-order valence-corrected chi connectivity index (χ2v) is 10.9. The number of carbonyl (C=O) groups excluding carboxylic acids is 2. The molecule has 0 aliphatic carbocycles. The van der Waals surface area contributed by atoms with E-state index in [4.69, 9.17) is 14.1 Å². The minimum absolute atomic E-state index is 0.117. The van der Waals surface area contributed by atoms with Crippen molar-refractivity contribution in [1.82, 2.24) is 9.80 Å². The van der Waals surface area contributed by atoms with Crippen molar-refractivity contribution in [3.05, 3.63) is 76.6 Å². The highest BCUT2D eigenvalue weighted by Crippen LogP contribution is 2.51. The summed E-state index contributed by atoms with van der Waals surface area (Å²) in [5.41, 5.74) is 2.24. The monoisotopic (exact) mass is 549 g/mol. The van der Waals surface area contributed by atoms with Crippen molar-refractivity contribution >= 4 is 57.6 Å². The number of hydrogen-bond acceptors (Lipinski definition) is 9. The summed E-state index contributed by atoms with van der Waals surface area (Å²) in [6.07, 6.45) is 1.59. The predicted molar refractivity (Wildman–Crippen MR) is 152 cm³/mol. The first-order valence-corrected chi connectivity index (χ1v) is 13.4. The smallest absolute Gasteiger partial charge is 0.269 e. The molecular formula is C27H27N5O4S2. The van der Waals surface area contributed by atoms with Gasteiger partial charge in [-0.25, -0.2) is 4.99 Å². The molecule has 0 radical (unpaired) electrons. The molecule has 5 rings (SSSR count). The summed E-state index contributed by atoms with van der Waals surface area (Å²) in [6, 6.07) is 16.8. The van der Waals surface area contributed by atoms with Gasteiger partial charge in [-0.15, -0.1) is 0 Å². The molecule has 1 fully saturated rings. The number of hydrogen-bond donors (Lipinski definition) is 1. The molecule has 2 aliphatic heterocycles. The number of ether oxygens (including phenoxy) is 1. The highest BCUT2D eigenvalue weighted by atomic mass is 32.2. The summed E-state index contributed by atoms with van der Waals surface area (Å²) in [5.74, 6) is 1.15. The lowest BCUT2D eigenvalue weighted by Gasteiger charge is -2.16. The fraction of sp³-hybridized carbons (Fsp3) is 0.222. The second kappa shape index (κ2) is 11.0. The number of fused-ring (bicyclic) bond motifs is 1. The molecule has 2 aliphatic rings. The molecule has 1 N–H and O–H groups in total. The van der Waals surface area contributed by atoms with Crippen LogP contribution in [-0.2, 0) is 16.1 Å². The fourth-order valence-electron chi connectivity index (χ4n) is 4.02. The molecular weight excluding hydrogens is 522 g/mol. The molecule has 0 saturated carbocycles. The van der Waals surface area contributed by atoms with Gasteiger partial charge in [-0.2, -0.15) is 0 Å². The van der Waals surface area contributed by atoms with Crippen molar-refractivity contribution in [1.29, 1.82) is 0 Å². The number of benzene rings is 2. The Morgan fingerprint density at radius 1 is 1.13 bits per heavy atom. The lowest BCUT2D eigenvalue weighted by atomic mass is 10.3. The molecule has 38 heavy (non-hydrogen) atoms. The van der Waals surface area contributed by atoms with Crippen molar-refractivity contribution in [3.63, 3.8) is 0 Å². The Bertz CT molecular complexity index is 1430. The van der Waals surface area contributed by atoms with Gasteiger partial charge >= 0.3 is 0 Å². The number of nitrogens with one attached hydrogen (secondary N) is 1. The number of aliphatic imine (C=N–C) groups is 1. The lowest BCUT2D eigenvalue weighted by molar-refractivity contribution is -0.123. The van der Waals surface area contributed by atoms with Gasteiger partial charge in [0.25, 0.3) is 5.91 Å². The standard InChI is InChI=1S/C27H27N5O4S2/c1-30(2)16-23(33)28-17-7-5-8-18(13-17)29-27-32(15-20-9-6-12-36-20)25(34)24(38-27)26-31(3)21-14-19(35-4)10-11-22(21)37-26/h5-14H,15-16H2,1-4H3,(H,28,33)/b26-24-,29-27+. The normalized spacial score (nSPS) is 18.0. The van der Waals surface area contributed by atoms with Crippen LogP contribution in [0.4, 0.5) is 17.1 Å². The molecule has 196 valence electrons. The van der Waals surface area contributed by atoms with E-state index in [1.807, 2.05) is 68.5 Å². The van der Waals surface area contributed by atoms with Crippen molar-refractivity contribution < 1.29 is 18.7 Å². The SMILES string of the molecule is COc1ccc2c(c1)N(C)/C(=C1/S/C(=N/c3cccc(NC(=O)CN(C)C)c3)N(Cc3ccco3)C1=O)S2. The van der Waals surface area contributed by atoms with E-state index in [9.17, 15) is 9.59 Å². The van der Waals surface area contributed by atoms with Crippen LogP contribution in [0.1, 0.15) is 5.76 Å². The third-order valence-corrected chi connectivity index (χ3v) is 8.24. The molecule has 0 spiro atoms. The van der Waals surface area contributed by atoms with Gasteiger partial charge in [0.05, 0.1) is 42.9 Å². The van der Waals surface area contributed by atoms with Crippen LogP contribution in [0.5, 0.6) is 5.75 Å². The van der Waals surface area contributed by atoms with Crippen LogP contribution in [-0.4, -0.2) is 61.6 Å². The van der Waals surface area contributed by atoms with Gasteiger partial charge in [-0.3, -0.25) is 14.5 Å². The van der Waals surface area contributed by atoms with Crippen LogP contribution in [0.3, 0.4) is 0 Å². The van der Waals surface area contributed by atoms with E-state index >= 15 is 0 Å². The largest absolute Gasteiger partial charge is 0.497 e. The summed E-state index contributed by atoms with van der Waals surface area (Å²) < 4.78 is 10.9. The summed E-state index contributed by atoms with van der Waals surface area (Å²) in [7, 11) is 7.26. The Kier molecular flexibility index (Phi) is 7.50. The van der Waals surface area contributed by atoms with E-state index in [-0.39, 0.29) is 24.9 Å². The first-order valence-electron chi connectivity index (χ1n) is 11.8. The number of carbonyl (C=O) groups is 2. The highest BCUT2D eigenvalue weighted by molar-refractivity contribution is 8.19. The summed E-state index contributed by atoms with van der Waals surface area (Å²) in [6.45, 7) is 0.527. The molecule has 0 unspecified atom stereocenters. The first-order chi connectivity index (χ1) is 18.3. The number of likely N-dealkylation sites (N-methyl/N-ethyl adjacent to an activating group) is 1. The summed E-state index contributed by atoms with van der Waals surface area (Å²) >= 11 is 2.88. The molecule has 0 atom stereocenters. The van der Waals surface area contributed by atoms with Gasteiger partial charge < -0.3 is 24.3 Å². The van der Waals surface area contributed by atoms with Crippen molar-refractivity contribution in [2.24, 2.45) is 4.99 Å². The average Bonchev–Trinajstić information content (AvgIpc) is 3.59. The van der Waals surface area contributed by atoms with E-state index in [1.165, 1.54) is 11.8 Å². The van der Waals surface area contributed by atoms with Crippen LogP contribution in [0, 0.1) is 0 Å². The van der Waals surface area contributed by atoms with Crippen LogP contribution in [0.2, 0.25) is 0 Å². The van der Waals surface area contributed by atoms with Gasteiger partial charge in [-0.05, 0) is 68.3 Å². The Morgan fingerprint density at radius 2 is 1.97 bits per heavy atom. The number of anilines is 2. The minimum Gasteiger partial charge on any atom is -0.497 e. The molecule has 2 amide bonds. The molecule has 9 nitrogen and oxygen atoms in total. The summed E-state index contributed by atoms with van der Waals surface area (Å²) in [5, 5.41) is 4.26. The van der Waals surface area contributed by atoms with Crippen LogP contribution < -0.4 is 15.0 Å². The zero-order valence-corrected chi connectivity index (χ0v) is 23.1. The van der Waals surface area contributed by atoms with Gasteiger partial charge in [0.15, 0.2) is 5.17 Å². The number of amides is 2. The van der Waals surface area contributed by atoms with Gasteiger partial charge in [0.2, 0.25) is 5.91 Å². The third kappa shape index (κ3) is 5.45. The topological polar surface area (TPSA) is 90.6 Å². The lowest BCUT2D eigenvalue weighted by Crippen LogP contribution is -2.29. The molecule has 1 saturated heterocycles. The quantitative estimate of drug-likeness (QED) is 0.414. The number of methoxy groups -OCH3 is 1. The molecule has 3 aromatic rings. The molecule has 0 bridgehead atoms. The van der Waals surface area contributed by atoms with E-state index in [1.54, 1.807) is 47.1 Å². The summed E-state index contributed by atoms with van der Waals surface area (Å²) in [4.78, 5) is 37.9. The molecule has 3 heterocycles. The molecule has 2 aromatic carbocycles. The zero-order valence-electron chi connectivity index (χ0n) is 21.4. The average molecular weight is 550 g/mol. The highest BCUT2D eigenvalue weighted by Gasteiger charge is 2.39. The van der Waals surface area contributed by atoms with Crippen molar-refractivity contribution in [3.8, 4) is 5.75 Å². The van der Waals surface area contributed by atoms with E-state index in [0.717, 1.165) is 21.4 Å².